The summed E-state index contributed by atoms with van der Waals surface area (Å²) in [5.74, 6) is 2.38. The SMILES string of the molecule is C1CC2CC1C2.CO.CO. The first-order valence-corrected chi connectivity index (χ1v) is 3.84. The van der Waals surface area contributed by atoms with Crippen LogP contribution in [0.4, 0.5) is 0 Å². The second-order valence-corrected chi connectivity index (χ2v) is 2.78. The number of hydrogen-bond acceptors (Lipinski definition) is 2. The zero-order valence-electron chi connectivity index (χ0n) is 6.88. The Kier molecular flexibility index (Phi) is 5.64. The molecular weight excluding hydrogens is 128 g/mol. The molecule has 0 saturated heterocycles. The summed E-state index contributed by atoms with van der Waals surface area (Å²) >= 11 is 0. The van der Waals surface area contributed by atoms with E-state index in [-0.39, 0.29) is 0 Å². The largest absolute Gasteiger partial charge is 0.400 e. The number of aliphatic hydroxyl groups is 2. The first-order valence-electron chi connectivity index (χ1n) is 3.84. The van der Waals surface area contributed by atoms with Gasteiger partial charge in [-0.2, -0.15) is 0 Å². The van der Waals surface area contributed by atoms with Crippen molar-refractivity contribution in [3.05, 3.63) is 0 Å². The summed E-state index contributed by atoms with van der Waals surface area (Å²) in [5.41, 5.74) is 0. The number of rotatable bonds is 0. The third-order valence-electron chi connectivity index (χ3n) is 2.32. The van der Waals surface area contributed by atoms with Crippen LogP contribution in [0, 0.1) is 11.8 Å². The van der Waals surface area contributed by atoms with Crippen LogP contribution in [0.15, 0.2) is 0 Å². The van der Waals surface area contributed by atoms with Crippen molar-refractivity contribution in [3.63, 3.8) is 0 Å². The molecule has 3 fully saturated rings. The molecule has 62 valence electrons. The summed E-state index contributed by atoms with van der Waals surface area (Å²) in [6.45, 7) is 0. The Balaban J connectivity index is 0.000000180. The van der Waals surface area contributed by atoms with Crippen LogP contribution in [0.1, 0.15) is 25.7 Å². The van der Waals surface area contributed by atoms with E-state index in [0.29, 0.717) is 0 Å². The topological polar surface area (TPSA) is 40.5 Å². The number of fused-ring (bicyclic) bond motifs is 1. The lowest BCUT2D eigenvalue weighted by Gasteiger charge is -2.21. The van der Waals surface area contributed by atoms with E-state index in [4.69, 9.17) is 10.2 Å². The van der Waals surface area contributed by atoms with Crippen LogP contribution < -0.4 is 0 Å². The van der Waals surface area contributed by atoms with Crippen LogP contribution in [-0.2, 0) is 0 Å². The normalized spacial score (nSPS) is 32.4. The molecule has 0 spiro atoms. The molecule has 10 heavy (non-hydrogen) atoms. The van der Waals surface area contributed by atoms with Crippen molar-refractivity contribution in [2.45, 2.75) is 25.7 Å². The lowest BCUT2D eigenvalue weighted by Crippen LogP contribution is -2.09. The fourth-order valence-corrected chi connectivity index (χ4v) is 1.82. The molecule has 0 radical (unpaired) electrons. The van der Waals surface area contributed by atoms with Crippen LogP contribution in [0.5, 0.6) is 0 Å². The third kappa shape index (κ3) is 2.27. The molecule has 0 amide bonds. The Morgan fingerprint density at radius 2 is 1.10 bits per heavy atom. The van der Waals surface area contributed by atoms with E-state index in [1.54, 1.807) is 25.7 Å². The highest BCUT2D eigenvalue weighted by Gasteiger charge is 2.35. The molecule has 3 aliphatic rings. The number of aliphatic hydroxyl groups excluding tert-OH is 2. The Bertz CT molecular complexity index is 54.1. The van der Waals surface area contributed by atoms with Gasteiger partial charge in [-0.25, -0.2) is 0 Å². The van der Waals surface area contributed by atoms with Crippen molar-refractivity contribution in [1.29, 1.82) is 0 Å². The zero-order chi connectivity index (χ0) is 7.98. The van der Waals surface area contributed by atoms with E-state index in [1.807, 2.05) is 0 Å². The fourth-order valence-electron chi connectivity index (χ4n) is 1.82. The summed E-state index contributed by atoms with van der Waals surface area (Å²) in [6, 6.07) is 0. The predicted octanol–water partition coefficient (Wildman–Crippen LogP) is 1.02. The summed E-state index contributed by atoms with van der Waals surface area (Å²) in [5, 5.41) is 14.0. The van der Waals surface area contributed by atoms with Gasteiger partial charge >= 0.3 is 0 Å². The molecular formula is C8H18O2. The van der Waals surface area contributed by atoms with E-state index in [2.05, 4.69) is 0 Å². The van der Waals surface area contributed by atoms with E-state index < -0.39 is 0 Å². The second-order valence-electron chi connectivity index (χ2n) is 2.78. The Hall–Kier alpha value is -0.0800. The average Bonchev–Trinajstić information content (AvgIpc) is 2.54. The van der Waals surface area contributed by atoms with Gasteiger partial charge in [0.1, 0.15) is 0 Å². The molecule has 2 nitrogen and oxygen atoms in total. The van der Waals surface area contributed by atoms with Crippen molar-refractivity contribution in [2.75, 3.05) is 14.2 Å². The van der Waals surface area contributed by atoms with E-state index >= 15 is 0 Å². The van der Waals surface area contributed by atoms with E-state index in [0.717, 1.165) is 14.2 Å². The minimum absolute atomic E-state index is 1.00. The molecule has 2 heteroatoms. The highest BCUT2D eigenvalue weighted by atomic mass is 16.2. The molecule has 0 aromatic heterocycles. The van der Waals surface area contributed by atoms with Gasteiger partial charge in [-0.1, -0.05) is 12.8 Å². The molecule has 0 aliphatic heterocycles. The van der Waals surface area contributed by atoms with Crippen LogP contribution in [0.3, 0.4) is 0 Å². The van der Waals surface area contributed by atoms with Crippen molar-refractivity contribution >= 4 is 0 Å². The lowest BCUT2D eigenvalue weighted by molar-refractivity contribution is 0.304. The summed E-state index contributed by atoms with van der Waals surface area (Å²) in [6.07, 6.45) is 6.29. The quantitative estimate of drug-likeness (QED) is 0.535. The Labute approximate surface area is 62.9 Å². The minimum atomic E-state index is 1.00. The van der Waals surface area contributed by atoms with Gasteiger partial charge < -0.3 is 10.2 Å². The minimum Gasteiger partial charge on any atom is -0.400 e. The fraction of sp³-hybridized carbons (Fsp3) is 1.00. The highest BCUT2D eigenvalue weighted by molar-refractivity contribution is 4.87. The van der Waals surface area contributed by atoms with Crippen LogP contribution in [-0.4, -0.2) is 24.4 Å². The molecule has 3 saturated carbocycles. The van der Waals surface area contributed by atoms with Crippen molar-refractivity contribution < 1.29 is 10.2 Å². The summed E-state index contributed by atoms with van der Waals surface area (Å²) < 4.78 is 0. The van der Waals surface area contributed by atoms with Gasteiger partial charge in [-0.3, -0.25) is 0 Å². The summed E-state index contributed by atoms with van der Waals surface area (Å²) in [7, 11) is 2.00. The molecule has 3 rings (SSSR count). The molecule has 0 atom stereocenters. The van der Waals surface area contributed by atoms with Crippen molar-refractivity contribution in [1.82, 2.24) is 0 Å². The Morgan fingerprint density at radius 3 is 1.20 bits per heavy atom. The van der Waals surface area contributed by atoms with Crippen molar-refractivity contribution in [3.8, 4) is 0 Å². The van der Waals surface area contributed by atoms with Crippen LogP contribution >= 0.6 is 0 Å². The average molecular weight is 146 g/mol. The van der Waals surface area contributed by atoms with Gasteiger partial charge in [0.25, 0.3) is 0 Å². The van der Waals surface area contributed by atoms with Crippen molar-refractivity contribution in [2.24, 2.45) is 11.8 Å². The first kappa shape index (κ1) is 9.92. The third-order valence-corrected chi connectivity index (χ3v) is 2.32. The first-order chi connectivity index (χ1) is 4.95. The van der Waals surface area contributed by atoms with Gasteiger partial charge in [-0.05, 0) is 24.7 Å². The maximum atomic E-state index is 7.00. The van der Waals surface area contributed by atoms with Crippen LogP contribution in [0.2, 0.25) is 0 Å². The standard InChI is InChI=1S/C6H10.2CH4O/c1-2-6-3-5(1)4-6;2*1-2/h5-6H,1-4H2;2*2H,1H3. The smallest absolute Gasteiger partial charge is 0.0319 e. The number of hydrogen-bond donors (Lipinski definition) is 2. The maximum Gasteiger partial charge on any atom is 0.0319 e. The molecule has 2 bridgehead atoms. The van der Waals surface area contributed by atoms with Gasteiger partial charge in [0.15, 0.2) is 0 Å². The second kappa shape index (κ2) is 5.69. The Morgan fingerprint density at radius 1 is 0.800 bits per heavy atom. The van der Waals surface area contributed by atoms with Gasteiger partial charge in [-0.15, -0.1) is 0 Å². The van der Waals surface area contributed by atoms with E-state index in [1.165, 1.54) is 11.8 Å². The molecule has 0 unspecified atom stereocenters. The van der Waals surface area contributed by atoms with E-state index in [9.17, 15) is 0 Å². The molecule has 3 aliphatic carbocycles. The zero-order valence-corrected chi connectivity index (χ0v) is 6.88. The summed E-state index contributed by atoms with van der Waals surface area (Å²) in [4.78, 5) is 0. The molecule has 0 aromatic rings. The molecule has 0 aromatic carbocycles. The lowest BCUT2D eigenvalue weighted by atomic mass is 9.85. The predicted molar refractivity (Wildman–Crippen MR) is 41.7 cm³/mol. The molecule has 2 N–H and O–H groups in total. The molecule has 0 heterocycles. The highest BCUT2D eigenvalue weighted by Crippen LogP contribution is 2.47. The van der Waals surface area contributed by atoms with Crippen LogP contribution in [0.25, 0.3) is 0 Å². The van der Waals surface area contributed by atoms with Gasteiger partial charge in [0.2, 0.25) is 0 Å². The maximum absolute atomic E-state index is 7.00. The monoisotopic (exact) mass is 146 g/mol. The van der Waals surface area contributed by atoms with Gasteiger partial charge in [0, 0.05) is 14.2 Å². The van der Waals surface area contributed by atoms with Gasteiger partial charge in [0.05, 0.1) is 0 Å².